The smallest absolute Gasteiger partial charge is 0.0169 e. The Balaban J connectivity index is 1.65. The van der Waals surface area contributed by atoms with Gasteiger partial charge in [0, 0.05) is 24.7 Å². The highest BCUT2D eigenvalue weighted by molar-refractivity contribution is 4.85. The van der Waals surface area contributed by atoms with Crippen LogP contribution in [0.3, 0.4) is 0 Å². The minimum Gasteiger partial charge on any atom is -0.328 e. The Bertz CT molecular complexity index is 195. The van der Waals surface area contributed by atoms with Crippen LogP contribution in [0.5, 0.6) is 0 Å². The number of hydrogen-bond acceptors (Lipinski definition) is 3. The Hall–Kier alpha value is -0.120. The fraction of sp³-hybridized carbons (Fsp3) is 1.00. The summed E-state index contributed by atoms with van der Waals surface area (Å²) in [5.74, 6) is 0. The van der Waals surface area contributed by atoms with E-state index in [1.165, 1.54) is 58.2 Å². The van der Waals surface area contributed by atoms with Crippen molar-refractivity contribution in [3.63, 3.8) is 0 Å². The Kier molecular flexibility index (Phi) is 4.62. The topological polar surface area (TPSA) is 41.3 Å². The molecule has 1 heterocycles. The molecule has 3 heteroatoms. The van der Waals surface area contributed by atoms with Crippen LogP contribution in [-0.4, -0.2) is 42.7 Å². The zero-order chi connectivity index (χ0) is 11.4. The van der Waals surface area contributed by atoms with Crippen LogP contribution >= 0.6 is 0 Å². The van der Waals surface area contributed by atoms with Crippen LogP contribution in [0.25, 0.3) is 0 Å². The van der Waals surface area contributed by atoms with Gasteiger partial charge in [-0.05, 0) is 52.1 Å². The lowest BCUT2D eigenvalue weighted by molar-refractivity contribution is 0.204. The molecule has 3 nitrogen and oxygen atoms in total. The van der Waals surface area contributed by atoms with Crippen molar-refractivity contribution in [2.45, 2.75) is 63.6 Å². The van der Waals surface area contributed by atoms with Crippen molar-refractivity contribution in [3.05, 3.63) is 0 Å². The SMILES string of the molecule is CC(CN1CCCCC1)NC1CCC(N)C1. The van der Waals surface area contributed by atoms with E-state index < -0.39 is 0 Å². The molecule has 1 saturated carbocycles. The molecule has 94 valence electrons. The van der Waals surface area contributed by atoms with Crippen LogP contribution in [0, 0.1) is 0 Å². The summed E-state index contributed by atoms with van der Waals surface area (Å²) < 4.78 is 0. The first-order chi connectivity index (χ1) is 7.74. The van der Waals surface area contributed by atoms with Gasteiger partial charge in [-0.25, -0.2) is 0 Å². The molecule has 1 aliphatic heterocycles. The van der Waals surface area contributed by atoms with Crippen LogP contribution < -0.4 is 11.1 Å². The maximum Gasteiger partial charge on any atom is 0.0169 e. The average Bonchev–Trinajstić information content (AvgIpc) is 2.65. The molecular formula is C13H27N3. The summed E-state index contributed by atoms with van der Waals surface area (Å²) in [5.41, 5.74) is 5.93. The summed E-state index contributed by atoms with van der Waals surface area (Å²) in [5, 5.41) is 3.73. The van der Waals surface area contributed by atoms with E-state index in [1.807, 2.05) is 0 Å². The predicted molar refractivity (Wildman–Crippen MR) is 68.5 cm³/mol. The van der Waals surface area contributed by atoms with Crippen LogP contribution in [0.15, 0.2) is 0 Å². The molecule has 3 N–H and O–H groups in total. The van der Waals surface area contributed by atoms with E-state index in [4.69, 9.17) is 5.73 Å². The van der Waals surface area contributed by atoms with Crippen molar-refractivity contribution in [1.82, 2.24) is 10.2 Å². The normalized spacial score (nSPS) is 34.1. The van der Waals surface area contributed by atoms with Crippen LogP contribution in [0.4, 0.5) is 0 Å². The molecule has 0 amide bonds. The number of nitrogens with zero attached hydrogens (tertiary/aromatic N) is 1. The average molecular weight is 225 g/mol. The molecule has 3 unspecified atom stereocenters. The second-order valence-corrected chi connectivity index (χ2v) is 5.70. The molecule has 1 aliphatic carbocycles. The summed E-state index contributed by atoms with van der Waals surface area (Å²) in [6.07, 6.45) is 7.85. The first kappa shape index (κ1) is 12.3. The quantitative estimate of drug-likeness (QED) is 0.758. The molecule has 2 aliphatic rings. The number of nitrogens with one attached hydrogen (secondary N) is 1. The molecule has 0 aromatic carbocycles. The number of rotatable bonds is 4. The zero-order valence-corrected chi connectivity index (χ0v) is 10.6. The lowest BCUT2D eigenvalue weighted by Gasteiger charge is -2.30. The first-order valence-corrected chi connectivity index (χ1v) is 6.98. The molecule has 0 bridgehead atoms. The minimum absolute atomic E-state index is 0.444. The summed E-state index contributed by atoms with van der Waals surface area (Å²) in [6.45, 7) is 6.14. The van der Waals surface area contributed by atoms with Gasteiger partial charge in [-0.3, -0.25) is 0 Å². The molecule has 0 aromatic heterocycles. The molecule has 0 aromatic rings. The van der Waals surface area contributed by atoms with Gasteiger partial charge in [0.2, 0.25) is 0 Å². The van der Waals surface area contributed by atoms with E-state index in [0.717, 1.165) is 0 Å². The van der Waals surface area contributed by atoms with Gasteiger partial charge < -0.3 is 16.0 Å². The van der Waals surface area contributed by atoms with E-state index in [0.29, 0.717) is 18.1 Å². The molecule has 0 radical (unpaired) electrons. The predicted octanol–water partition coefficient (Wildman–Crippen LogP) is 1.33. The molecule has 1 saturated heterocycles. The summed E-state index contributed by atoms with van der Waals surface area (Å²) in [7, 11) is 0. The van der Waals surface area contributed by atoms with Crippen molar-refractivity contribution in [2.75, 3.05) is 19.6 Å². The maximum atomic E-state index is 5.93. The third-order valence-corrected chi connectivity index (χ3v) is 3.97. The Morgan fingerprint density at radius 1 is 1.25 bits per heavy atom. The van der Waals surface area contributed by atoms with Crippen molar-refractivity contribution >= 4 is 0 Å². The maximum absolute atomic E-state index is 5.93. The van der Waals surface area contributed by atoms with Gasteiger partial charge >= 0.3 is 0 Å². The second-order valence-electron chi connectivity index (χ2n) is 5.70. The van der Waals surface area contributed by atoms with E-state index in [9.17, 15) is 0 Å². The Morgan fingerprint density at radius 3 is 2.62 bits per heavy atom. The third-order valence-electron chi connectivity index (χ3n) is 3.97. The first-order valence-electron chi connectivity index (χ1n) is 6.98. The molecule has 2 fully saturated rings. The van der Waals surface area contributed by atoms with Gasteiger partial charge in [0.1, 0.15) is 0 Å². The van der Waals surface area contributed by atoms with Crippen LogP contribution in [0.2, 0.25) is 0 Å². The number of likely N-dealkylation sites (tertiary alicyclic amines) is 1. The molecule has 0 spiro atoms. The minimum atomic E-state index is 0.444. The second kappa shape index (κ2) is 5.99. The zero-order valence-electron chi connectivity index (χ0n) is 10.6. The standard InChI is InChI=1S/C13H27N3/c1-11(10-16-7-3-2-4-8-16)15-13-6-5-12(14)9-13/h11-13,15H,2-10,14H2,1H3. The van der Waals surface area contributed by atoms with E-state index in [-0.39, 0.29) is 0 Å². The fourth-order valence-electron chi connectivity index (χ4n) is 3.15. The number of hydrogen-bond donors (Lipinski definition) is 2. The van der Waals surface area contributed by atoms with Gasteiger partial charge in [-0.15, -0.1) is 0 Å². The highest BCUT2D eigenvalue weighted by Crippen LogP contribution is 2.18. The van der Waals surface area contributed by atoms with Crippen LogP contribution in [0.1, 0.15) is 45.4 Å². The van der Waals surface area contributed by atoms with Gasteiger partial charge in [0.15, 0.2) is 0 Å². The lowest BCUT2D eigenvalue weighted by atomic mass is 10.1. The van der Waals surface area contributed by atoms with Gasteiger partial charge in [-0.2, -0.15) is 0 Å². The summed E-state index contributed by atoms with van der Waals surface area (Å²) in [6, 6.07) is 1.74. The summed E-state index contributed by atoms with van der Waals surface area (Å²) >= 11 is 0. The molecule has 2 rings (SSSR count). The third kappa shape index (κ3) is 3.72. The fourth-order valence-corrected chi connectivity index (χ4v) is 3.15. The molecule has 16 heavy (non-hydrogen) atoms. The van der Waals surface area contributed by atoms with E-state index >= 15 is 0 Å². The molecule has 3 atom stereocenters. The largest absolute Gasteiger partial charge is 0.328 e. The van der Waals surface area contributed by atoms with Crippen molar-refractivity contribution < 1.29 is 0 Å². The van der Waals surface area contributed by atoms with Crippen LogP contribution in [-0.2, 0) is 0 Å². The molecular weight excluding hydrogens is 198 g/mol. The van der Waals surface area contributed by atoms with Gasteiger partial charge in [-0.1, -0.05) is 6.42 Å². The van der Waals surface area contributed by atoms with E-state index in [2.05, 4.69) is 17.1 Å². The van der Waals surface area contributed by atoms with Gasteiger partial charge in [0.25, 0.3) is 0 Å². The number of piperidine rings is 1. The lowest BCUT2D eigenvalue weighted by Crippen LogP contribution is -2.44. The van der Waals surface area contributed by atoms with Crippen molar-refractivity contribution in [2.24, 2.45) is 5.73 Å². The monoisotopic (exact) mass is 225 g/mol. The number of nitrogens with two attached hydrogens (primary N) is 1. The Labute approximate surface area is 99.8 Å². The highest BCUT2D eigenvalue weighted by Gasteiger charge is 2.23. The van der Waals surface area contributed by atoms with Crippen molar-refractivity contribution in [3.8, 4) is 0 Å². The van der Waals surface area contributed by atoms with E-state index in [1.54, 1.807) is 0 Å². The van der Waals surface area contributed by atoms with Crippen molar-refractivity contribution in [1.29, 1.82) is 0 Å². The van der Waals surface area contributed by atoms with Gasteiger partial charge in [0.05, 0.1) is 0 Å². The Morgan fingerprint density at radius 2 is 2.00 bits per heavy atom. The highest BCUT2D eigenvalue weighted by atomic mass is 15.2. The summed E-state index contributed by atoms with van der Waals surface area (Å²) in [4.78, 5) is 2.61.